The van der Waals surface area contributed by atoms with E-state index in [0.29, 0.717) is 5.69 Å². The molecule has 0 aliphatic carbocycles. The number of nitrogens with one attached hydrogen (secondary N) is 1. The Kier molecular flexibility index (Phi) is 5.74. The first-order valence-electron chi connectivity index (χ1n) is 6.44. The van der Waals surface area contributed by atoms with Gasteiger partial charge in [0.2, 0.25) is 5.91 Å². The zero-order valence-corrected chi connectivity index (χ0v) is 13.8. The van der Waals surface area contributed by atoms with Crippen LogP contribution in [0, 0.1) is 6.92 Å². The summed E-state index contributed by atoms with van der Waals surface area (Å²) < 4.78 is 6.05. The van der Waals surface area contributed by atoms with Crippen molar-refractivity contribution in [2.45, 2.75) is 46.1 Å². The lowest BCUT2D eigenvalue weighted by Crippen LogP contribution is -2.24. The van der Waals surface area contributed by atoms with Crippen LogP contribution in [0.3, 0.4) is 0 Å². The lowest BCUT2D eigenvalue weighted by Gasteiger charge is -2.19. The average Bonchev–Trinajstić information content (AvgIpc) is 2.22. The van der Waals surface area contributed by atoms with Gasteiger partial charge in [-0.25, -0.2) is 0 Å². The van der Waals surface area contributed by atoms with Gasteiger partial charge in [0.05, 0.1) is 6.42 Å². The second-order valence-corrected chi connectivity index (χ2v) is 6.57. The number of hydrogen-bond acceptors (Lipinski definition) is 3. The van der Waals surface area contributed by atoms with Gasteiger partial charge in [0.15, 0.2) is 0 Å². The van der Waals surface area contributed by atoms with Crippen LogP contribution in [0.1, 0.15) is 39.2 Å². The van der Waals surface area contributed by atoms with Crippen molar-refractivity contribution >= 4 is 33.5 Å². The number of carbonyl (C=O) groups is 2. The summed E-state index contributed by atoms with van der Waals surface area (Å²) in [4.78, 5) is 23.3. The molecule has 4 nitrogen and oxygen atoms in total. The quantitative estimate of drug-likeness (QED) is 0.847. The van der Waals surface area contributed by atoms with Crippen molar-refractivity contribution in [3.63, 3.8) is 0 Å². The zero-order chi connectivity index (χ0) is 15.3. The van der Waals surface area contributed by atoms with Crippen molar-refractivity contribution < 1.29 is 14.3 Å². The molecule has 0 atom stereocenters. The average molecular weight is 342 g/mol. The van der Waals surface area contributed by atoms with E-state index in [9.17, 15) is 9.59 Å². The lowest BCUT2D eigenvalue weighted by molar-refractivity contribution is -0.155. The molecule has 1 N–H and O–H groups in total. The molecule has 0 radical (unpaired) electrons. The first-order valence-corrected chi connectivity index (χ1v) is 7.24. The van der Waals surface area contributed by atoms with Gasteiger partial charge in [-0.05, 0) is 51.5 Å². The molecule has 0 unspecified atom stereocenters. The standard InChI is InChI=1S/C15H20BrNO3/c1-10-7-11(16)9-12(8-10)17-13(18)5-6-14(19)20-15(2,3)4/h7-9H,5-6H2,1-4H3,(H,17,18). The third kappa shape index (κ3) is 6.70. The number of hydrogen-bond donors (Lipinski definition) is 1. The molecule has 1 amide bonds. The maximum Gasteiger partial charge on any atom is 0.306 e. The van der Waals surface area contributed by atoms with Crippen molar-refractivity contribution in [3.8, 4) is 0 Å². The minimum atomic E-state index is -0.519. The van der Waals surface area contributed by atoms with Gasteiger partial charge in [-0.2, -0.15) is 0 Å². The van der Waals surface area contributed by atoms with Crippen LogP contribution in [-0.2, 0) is 14.3 Å². The minimum Gasteiger partial charge on any atom is -0.460 e. The molecule has 20 heavy (non-hydrogen) atoms. The molecule has 0 fully saturated rings. The summed E-state index contributed by atoms with van der Waals surface area (Å²) in [5, 5.41) is 2.77. The normalized spacial score (nSPS) is 11.1. The summed E-state index contributed by atoms with van der Waals surface area (Å²) in [5.74, 6) is -0.563. The summed E-state index contributed by atoms with van der Waals surface area (Å²) in [5.41, 5.74) is 1.24. The fraction of sp³-hybridized carbons (Fsp3) is 0.467. The Morgan fingerprint density at radius 3 is 2.40 bits per heavy atom. The van der Waals surface area contributed by atoms with Crippen LogP contribution < -0.4 is 5.32 Å². The summed E-state index contributed by atoms with van der Waals surface area (Å²) in [6, 6.07) is 5.64. The Bertz CT molecular complexity index is 486. The third-order valence-corrected chi connectivity index (χ3v) is 2.76. The van der Waals surface area contributed by atoms with E-state index in [4.69, 9.17) is 4.74 Å². The van der Waals surface area contributed by atoms with Gasteiger partial charge in [0, 0.05) is 16.6 Å². The van der Waals surface area contributed by atoms with Gasteiger partial charge in [0.25, 0.3) is 0 Å². The molecule has 110 valence electrons. The molecule has 1 aromatic rings. The van der Waals surface area contributed by atoms with Crippen LogP contribution in [0.25, 0.3) is 0 Å². The predicted molar refractivity (Wildman–Crippen MR) is 82.6 cm³/mol. The van der Waals surface area contributed by atoms with Crippen LogP contribution in [0.15, 0.2) is 22.7 Å². The third-order valence-electron chi connectivity index (χ3n) is 2.30. The summed E-state index contributed by atoms with van der Waals surface area (Å²) in [6.07, 6.45) is 0.191. The Morgan fingerprint density at radius 2 is 1.85 bits per heavy atom. The van der Waals surface area contributed by atoms with Crippen molar-refractivity contribution in [1.82, 2.24) is 0 Å². The van der Waals surface area contributed by atoms with Gasteiger partial charge in [-0.1, -0.05) is 15.9 Å². The van der Waals surface area contributed by atoms with Gasteiger partial charge < -0.3 is 10.1 Å². The fourth-order valence-electron chi connectivity index (χ4n) is 1.64. The molecule has 0 aliphatic rings. The fourth-order valence-corrected chi connectivity index (χ4v) is 2.25. The van der Waals surface area contributed by atoms with E-state index in [1.807, 2.05) is 25.1 Å². The van der Waals surface area contributed by atoms with E-state index in [1.54, 1.807) is 20.8 Å². The Labute approximate surface area is 128 Å². The maximum atomic E-state index is 11.8. The van der Waals surface area contributed by atoms with Gasteiger partial charge >= 0.3 is 5.97 Å². The summed E-state index contributed by atoms with van der Waals surface area (Å²) in [6.45, 7) is 7.35. The molecule has 0 heterocycles. The van der Waals surface area contributed by atoms with E-state index in [-0.39, 0.29) is 24.7 Å². The highest BCUT2D eigenvalue weighted by Crippen LogP contribution is 2.19. The molecule has 0 saturated carbocycles. The van der Waals surface area contributed by atoms with Gasteiger partial charge in [0.1, 0.15) is 5.60 Å². The molecule has 1 rings (SSSR count). The second-order valence-electron chi connectivity index (χ2n) is 5.65. The number of benzene rings is 1. The van der Waals surface area contributed by atoms with Crippen molar-refractivity contribution in [1.29, 1.82) is 0 Å². The first kappa shape index (κ1) is 16.7. The number of anilines is 1. The minimum absolute atomic E-state index is 0.0795. The number of ether oxygens (including phenoxy) is 1. The highest BCUT2D eigenvalue weighted by atomic mass is 79.9. The predicted octanol–water partition coefficient (Wildman–Crippen LogP) is 3.82. The van der Waals surface area contributed by atoms with Crippen LogP contribution in [0.2, 0.25) is 0 Å². The maximum absolute atomic E-state index is 11.8. The smallest absolute Gasteiger partial charge is 0.306 e. The highest BCUT2D eigenvalue weighted by molar-refractivity contribution is 9.10. The van der Waals surface area contributed by atoms with Crippen molar-refractivity contribution in [3.05, 3.63) is 28.2 Å². The Balaban J connectivity index is 2.46. The molecule has 5 heteroatoms. The number of carbonyl (C=O) groups excluding carboxylic acids is 2. The number of halogens is 1. The highest BCUT2D eigenvalue weighted by Gasteiger charge is 2.17. The van der Waals surface area contributed by atoms with E-state index in [1.165, 1.54) is 0 Å². The van der Waals surface area contributed by atoms with E-state index < -0.39 is 5.60 Å². The molecule has 0 spiro atoms. The van der Waals surface area contributed by atoms with Crippen LogP contribution in [-0.4, -0.2) is 17.5 Å². The molecule has 0 aromatic heterocycles. The topological polar surface area (TPSA) is 55.4 Å². The van der Waals surface area contributed by atoms with Crippen LogP contribution in [0.4, 0.5) is 5.69 Å². The SMILES string of the molecule is Cc1cc(Br)cc(NC(=O)CCC(=O)OC(C)(C)C)c1. The molecular weight excluding hydrogens is 322 g/mol. The molecule has 0 bridgehead atoms. The largest absolute Gasteiger partial charge is 0.460 e. The van der Waals surface area contributed by atoms with E-state index in [2.05, 4.69) is 21.2 Å². The first-order chi connectivity index (χ1) is 9.15. The molecule has 0 saturated heterocycles. The van der Waals surface area contributed by atoms with Crippen LogP contribution >= 0.6 is 15.9 Å². The van der Waals surface area contributed by atoms with Gasteiger partial charge in [-0.15, -0.1) is 0 Å². The zero-order valence-electron chi connectivity index (χ0n) is 12.2. The number of amides is 1. The van der Waals surface area contributed by atoms with Gasteiger partial charge in [-0.3, -0.25) is 9.59 Å². The van der Waals surface area contributed by atoms with Crippen molar-refractivity contribution in [2.24, 2.45) is 0 Å². The monoisotopic (exact) mass is 341 g/mol. The molecule has 1 aromatic carbocycles. The Morgan fingerprint density at radius 1 is 1.20 bits per heavy atom. The number of aryl methyl sites for hydroxylation is 1. The van der Waals surface area contributed by atoms with E-state index >= 15 is 0 Å². The summed E-state index contributed by atoms with van der Waals surface area (Å²) in [7, 11) is 0. The van der Waals surface area contributed by atoms with Crippen LogP contribution in [0.5, 0.6) is 0 Å². The summed E-state index contributed by atoms with van der Waals surface area (Å²) >= 11 is 3.37. The number of esters is 1. The lowest BCUT2D eigenvalue weighted by atomic mass is 10.2. The second kappa shape index (κ2) is 6.88. The van der Waals surface area contributed by atoms with Crippen molar-refractivity contribution in [2.75, 3.05) is 5.32 Å². The molecular formula is C15H20BrNO3. The Hall–Kier alpha value is -1.36. The van der Waals surface area contributed by atoms with E-state index in [0.717, 1.165) is 10.0 Å². The molecule has 0 aliphatic heterocycles. The number of rotatable bonds is 4.